The summed E-state index contributed by atoms with van der Waals surface area (Å²) in [5.41, 5.74) is -0.179. The molecule has 0 amide bonds. The van der Waals surface area contributed by atoms with E-state index in [0.717, 1.165) is 12.3 Å². The maximum atomic E-state index is 10.7. The average molecular weight is 211 g/mol. The summed E-state index contributed by atoms with van der Waals surface area (Å²) in [5.74, 6) is 1.28. The van der Waals surface area contributed by atoms with Gasteiger partial charge in [0.2, 0.25) is 0 Å². The highest BCUT2D eigenvalue weighted by atomic mass is 16.3. The van der Waals surface area contributed by atoms with Crippen LogP contribution in [-0.2, 0) is 0 Å². The first kappa shape index (κ1) is 11.4. The molecule has 15 heavy (non-hydrogen) atoms. The molecule has 0 spiro atoms. The van der Waals surface area contributed by atoms with Gasteiger partial charge < -0.3 is 10.4 Å². The maximum Gasteiger partial charge on any atom is 0.0805 e. The van der Waals surface area contributed by atoms with Gasteiger partial charge in [0.15, 0.2) is 0 Å². The minimum absolute atomic E-state index is 0.286. The van der Waals surface area contributed by atoms with E-state index in [0.29, 0.717) is 17.4 Å². The van der Waals surface area contributed by atoms with Gasteiger partial charge in [0.25, 0.3) is 0 Å². The van der Waals surface area contributed by atoms with Crippen LogP contribution in [0.15, 0.2) is 0 Å². The highest BCUT2D eigenvalue weighted by Crippen LogP contribution is 2.62. The maximum absolute atomic E-state index is 10.7. The Balaban J connectivity index is 2.14. The van der Waals surface area contributed by atoms with Crippen LogP contribution in [0.5, 0.6) is 0 Å². The molecule has 3 rings (SSSR count). The van der Waals surface area contributed by atoms with E-state index in [-0.39, 0.29) is 6.04 Å². The Morgan fingerprint density at radius 1 is 1.20 bits per heavy atom. The van der Waals surface area contributed by atoms with Gasteiger partial charge in [0.05, 0.1) is 5.60 Å². The molecule has 0 aromatic heterocycles. The van der Waals surface area contributed by atoms with E-state index in [1.54, 1.807) is 0 Å². The number of nitrogens with one attached hydrogen (secondary N) is 1. The van der Waals surface area contributed by atoms with Crippen LogP contribution in [-0.4, -0.2) is 22.8 Å². The van der Waals surface area contributed by atoms with Crippen molar-refractivity contribution in [1.29, 1.82) is 0 Å². The second-order valence-electron chi connectivity index (χ2n) is 6.64. The fraction of sp³-hybridized carbons (Fsp3) is 1.00. The predicted molar refractivity (Wildman–Crippen MR) is 62.7 cm³/mol. The molecule has 3 saturated carbocycles. The van der Waals surface area contributed by atoms with Gasteiger partial charge in [-0.25, -0.2) is 0 Å². The lowest BCUT2D eigenvalue weighted by atomic mass is 9.43. The second kappa shape index (κ2) is 3.21. The quantitative estimate of drug-likeness (QED) is 0.733. The molecule has 2 nitrogen and oxygen atoms in total. The molecule has 0 aromatic rings. The first-order valence-corrected chi connectivity index (χ1v) is 6.24. The Kier molecular flexibility index (Phi) is 2.44. The summed E-state index contributed by atoms with van der Waals surface area (Å²) in [6, 6.07) is 0.747. The van der Waals surface area contributed by atoms with E-state index in [9.17, 15) is 5.11 Å². The van der Waals surface area contributed by atoms with Crippen molar-refractivity contribution in [3.8, 4) is 0 Å². The highest BCUT2D eigenvalue weighted by molar-refractivity contribution is 5.14. The van der Waals surface area contributed by atoms with Crippen LogP contribution in [0.4, 0.5) is 0 Å². The van der Waals surface area contributed by atoms with Gasteiger partial charge >= 0.3 is 0 Å². The lowest BCUT2D eigenvalue weighted by Crippen LogP contribution is -2.70. The number of hydrogen-bond donors (Lipinski definition) is 2. The summed E-state index contributed by atoms with van der Waals surface area (Å²) in [6.07, 6.45) is 2.35. The molecule has 3 fully saturated rings. The minimum Gasteiger partial charge on any atom is -0.388 e. The minimum atomic E-state index is -0.525. The van der Waals surface area contributed by atoms with E-state index in [1.165, 1.54) is 6.42 Å². The number of aliphatic hydroxyl groups is 1. The van der Waals surface area contributed by atoms with Crippen molar-refractivity contribution >= 4 is 0 Å². The van der Waals surface area contributed by atoms with Crippen LogP contribution >= 0.6 is 0 Å². The van der Waals surface area contributed by atoms with Crippen molar-refractivity contribution in [3.05, 3.63) is 0 Å². The standard InChI is InChI=1S/C13H25NO/c1-8(2)14-11-7-9-6-10(12(9,3)4)13(11,5)15/h8-11,14-15H,6-7H2,1-5H3/t9-,10-,11+,13-/m0/s1. The number of rotatable bonds is 2. The van der Waals surface area contributed by atoms with E-state index in [1.807, 2.05) is 6.92 Å². The molecule has 2 N–H and O–H groups in total. The summed E-state index contributed by atoms with van der Waals surface area (Å²) in [7, 11) is 0. The van der Waals surface area contributed by atoms with Gasteiger partial charge in [-0.15, -0.1) is 0 Å². The largest absolute Gasteiger partial charge is 0.388 e. The van der Waals surface area contributed by atoms with Gasteiger partial charge in [-0.2, -0.15) is 0 Å². The fourth-order valence-electron chi connectivity index (χ4n) is 3.81. The molecule has 3 aliphatic rings. The Morgan fingerprint density at radius 2 is 1.80 bits per heavy atom. The van der Waals surface area contributed by atoms with Crippen LogP contribution in [0.1, 0.15) is 47.5 Å². The molecule has 0 unspecified atom stereocenters. The van der Waals surface area contributed by atoms with E-state index < -0.39 is 5.60 Å². The SMILES string of the molecule is CC(C)N[C@@H]1C[C@@H]2C[C@@H](C2(C)C)[C@]1(C)O. The molecule has 88 valence electrons. The monoisotopic (exact) mass is 211 g/mol. The highest BCUT2D eigenvalue weighted by Gasteiger charge is 2.62. The van der Waals surface area contributed by atoms with Crippen molar-refractivity contribution in [2.24, 2.45) is 17.3 Å². The zero-order chi connectivity index (χ0) is 11.4. The number of fused-ring (bicyclic) bond motifs is 2. The molecule has 0 saturated heterocycles. The lowest BCUT2D eigenvalue weighted by Gasteiger charge is -2.65. The summed E-state index contributed by atoms with van der Waals surface area (Å²) in [5, 5.41) is 14.2. The molecule has 0 heterocycles. The Hall–Kier alpha value is -0.0800. The van der Waals surface area contributed by atoms with Crippen LogP contribution in [0.2, 0.25) is 0 Å². The van der Waals surface area contributed by atoms with Crippen LogP contribution < -0.4 is 5.32 Å². The van der Waals surface area contributed by atoms with Gasteiger partial charge in [-0.3, -0.25) is 0 Å². The molecule has 0 aromatic carbocycles. The van der Waals surface area contributed by atoms with Gasteiger partial charge in [0.1, 0.15) is 0 Å². The topological polar surface area (TPSA) is 32.3 Å². The fourth-order valence-corrected chi connectivity index (χ4v) is 3.81. The summed E-state index contributed by atoms with van der Waals surface area (Å²) in [4.78, 5) is 0. The Morgan fingerprint density at radius 3 is 2.20 bits per heavy atom. The molecule has 0 radical (unpaired) electrons. The van der Waals surface area contributed by atoms with E-state index in [2.05, 4.69) is 33.0 Å². The molecule has 2 heteroatoms. The van der Waals surface area contributed by atoms with Crippen molar-refractivity contribution in [3.63, 3.8) is 0 Å². The molecule has 4 atom stereocenters. The third kappa shape index (κ3) is 1.53. The van der Waals surface area contributed by atoms with Crippen LogP contribution in [0.25, 0.3) is 0 Å². The molecule has 0 aliphatic heterocycles. The van der Waals surface area contributed by atoms with Gasteiger partial charge in [0, 0.05) is 12.1 Å². The molecular weight excluding hydrogens is 186 g/mol. The van der Waals surface area contributed by atoms with Crippen LogP contribution in [0, 0.1) is 17.3 Å². The van der Waals surface area contributed by atoms with Gasteiger partial charge in [-0.05, 0) is 37.0 Å². The second-order valence-corrected chi connectivity index (χ2v) is 6.64. The van der Waals surface area contributed by atoms with E-state index >= 15 is 0 Å². The third-order valence-corrected chi connectivity index (χ3v) is 4.94. The predicted octanol–water partition coefficient (Wildman–Crippen LogP) is 2.17. The molecule has 2 bridgehead atoms. The summed E-state index contributed by atoms with van der Waals surface area (Å²) in [6.45, 7) is 11.0. The smallest absolute Gasteiger partial charge is 0.0805 e. The zero-order valence-corrected chi connectivity index (χ0v) is 10.7. The third-order valence-electron chi connectivity index (χ3n) is 4.94. The summed E-state index contributed by atoms with van der Waals surface area (Å²) < 4.78 is 0. The van der Waals surface area contributed by atoms with Crippen molar-refractivity contribution in [2.75, 3.05) is 0 Å². The van der Waals surface area contributed by atoms with Crippen molar-refractivity contribution in [1.82, 2.24) is 5.32 Å². The first-order chi connectivity index (χ1) is 6.76. The molecular formula is C13H25NO. The Bertz CT molecular complexity index is 257. The first-order valence-electron chi connectivity index (χ1n) is 6.24. The van der Waals surface area contributed by atoms with Crippen LogP contribution in [0.3, 0.4) is 0 Å². The zero-order valence-electron chi connectivity index (χ0n) is 10.7. The normalized spacial score (nSPS) is 47.8. The van der Waals surface area contributed by atoms with E-state index in [4.69, 9.17) is 0 Å². The van der Waals surface area contributed by atoms with Crippen molar-refractivity contribution in [2.45, 2.75) is 65.1 Å². The Labute approximate surface area is 93.5 Å². The van der Waals surface area contributed by atoms with Gasteiger partial charge in [-0.1, -0.05) is 27.7 Å². The lowest BCUT2D eigenvalue weighted by molar-refractivity contribution is -0.210. The summed E-state index contributed by atoms with van der Waals surface area (Å²) >= 11 is 0. The molecule has 3 aliphatic carbocycles. The average Bonchev–Trinajstić information content (AvgIpc) is 2.06. The van der Waals surface area contributed by atoms with Crippen molar-refractivity contribution < 1.29 is 5.11 Å². The number of hydrogen-bond acceptors (Lipinski definition) is 2.